The molecule has 0 saturated heterocycles. The van der Waals surface area contributed by atoms with Gasteiger partial charge >= 0.3 is 0 Å². The van der Waals surface area contributed by atoms with Crippen LogP contribution in [0.15, 0.2) is 36.0 Å². The zero-order valence-corrected chi connectivity index (χ0v) is 8.56. The molecule has 0 nitrogen and oxygen atoms in total. The quantitative estimate of drug-likeness (QED) is 0.539. The number of hydrogen-bond acceptors (Lipinski definition) is 0. The predicted octanol–water partition coefficient (Wildman–Crippen LogP) is 4.89. The maximum Gasteiger partial charge on any atom is -0.0273 e. The summed E-state index contributed by atoms with van der Waals surface area (Å²) in [6.45, 7) is 9.80. The lowest BCUT2D eigenvalue weighted by Gasteiger charge is -1.95. The Morgan fingerprint density at radius 1 is 1.15 bits per heavy atom. The van der Waals surface area contributed by atoms with Crippen molar-refractivity contribution in [2.75, 3.05) is 0 Å². The van der Waals surface area contributed by atoms with Crippen molar-refractivity contribution in [3.8, 4) is 0 Å². The van der Waals surface area contributed by atoms with Crippen LogP contribution in [-0.2, 0) is 0 Å². The zero-order chi connectivity index (χ0) is 9.40. The first kappa shape index (κ1) is 14.7. The van der Waals surface area contributed by atoms with Gasteiger partial charge < -0.3 is 0 Å². The van der Waals surface area contributed by atoms with Gasteiger partial charge in [-0.2, -0.15) is 0 Å². The van der Waals surface area contributed by atoms with Gasteiger partial charge in [-0.1, -0.05) is 46.1 Å². The molecular weight excluding hydrogens is 156 g/mol. The molecule has 76 valence electrons. The van der Waals surface area contributed by atoms with Crippen LogP contribution in [0.25, 0.3) is 0 Å². The summed E-state index contributed by atoms with van der Waals surface area (Å²) in [6, 6.07) is 0. The summed E-state index contributed by atoms with van der Waals surface area (Å²) in [5, 5.41) is 0. The van der Waals surface area contributed by atoms with E-state index in [4.69, 9.17) is 0 Å². The van der Waals surface area contributed by atoms with Gasteiger partial charge in [-0.15, -0.1) is 0 Å². The molecule has 0 radical (unpaired) electrons. The third-order valence-electron chi connectivity index (χ3n) is 1.97. The molecular formula is C13H24. The molecule has 0 bridgehead atoms. The molecule has 13 heavy (non-hydrogen) atoms. The van der Waals surface area contributed by atoms with Crippen molar-refractivity contribution in [3.05, 3.63) is 36.0 Å². The van der Waals surface area contributed by atoms with Crippen molar-refractivity contribution in [1.82, 2.24) is 0 Å². The second-order valence-corrected chi connectivity index (χ2v) is 2.60. The first-order valence-corrected chi connectivity index (χ1v) is 4.85. The summed E-state index contributed by atoms with van der Waals surface area (Å²) < 4.78 is 0. The van der Waals surface area contributed by atoms with E-state index >= 15 is 0 Å². The molecule has 0 heteroatoms. The summed E-state index contributed by atoms with van der Waals surface area (Å²) in [7, 11) is 0. The van der Waals surface area contributed by atoms with Gasteiger partial charge in [-0.25, -0.2) is 0 Å². The van der Waals surface area contributed by atoms with Crippen LogP contribution in [0.5, 0.6) is 0 Å². The van der Waals surface area contributed by atoms with Crippen LogP contribution in [0.4, 0.5) is 0 Å². The standard InChI is InChI=1S/C10H14.C2H6.CH4/c1-3-6-10-8-5-7-9(10)4-2;1-2;/h3-4,6H,1,5,7-8H2,2H3;1-2H3;1H4/b9-4-,10-6-;;. The molecule has 0 aliphatic heterocycles. The molecule has 0 N–H and O–H groups in total. The topological polar surface area (TPSA) is 0 Å². The highest BCUT2D eigenvalue weighted by Gasteiger charge is 2.10. The van der Waals surface area contributed by atoms with Crippen molar-refractivity contribution in [2.24, 2.45) is 0 Å². The third-order valence-corrected chi connectivity index (χ3v) is 1.97. The highest BCUT2D eigenvalue weighted by molar-refractivity contribution is 5.36. The Hall–Kier alpha value is -0.780. The molecule has 0 aromatic heterocycles. The SMILES string of the molecule is C.C=C/C=C1/CCC/C1=C/C.CC. The Balaban J connectivity index is 0. The number of rotatable bonds is 1. The van der Waals surface area contributed by atoms with E-state index in [1.165, 1.54) is 30.4 Å². The van der Waals surface area contributed by atoms with Gasteiger partial charge in [0.2, 0.25) is 0 Å². The normalized spacial score (nSPS) is 20.5. The molecule has 0 amide bonds. The molecule has 0 spiro atoms. The van der Waals surface area contributed by atoms with Crippen LogP contribution in [-0.4, -0.2) is 0 Å². The van der Waals surface area contributed by atoms with Gasteiger partial charge in [0.05, 0.1) is 0 Å². The van der Waals surface area contributed by atoms with Crippen LogP contribution in [0.1, 0.15) is 47.5 Å². The van der Waals surface area contributed by atoms with Crippen molar-refractivity contribution in [3.63, 3.8) is 0 Å². The van der Waals surface area contributed by atoms with Crippen LogP contribution in [0, 0.1) is 0 Å². The number of hydrogen-bond donors (Lipinski definition) is 0. The van der Waals surface area contributed by atoms with E-state index in [1.54, 1.807) is 0 Å². The first-order valence-electron chi connectivity index (χ1n) is 4.85. The smallest absolute Gasteiger partial charge is 0.0273 e. The van der Waals surface area contributed by atoms with Gasteiger partial charge in [-0.3, -0.25) is 0 Å². The maximum atomic E-state index is 3.69. The molecule has 1 aliphatic carbocycles. The highest BCUT2D eigenvalue weighted by Crippen LogP contribution is 2.29. The minimum atomic E-state index is 0. The van der Waals surface area contributed by atoms with E-state index in [9.17, 15) is 0 Å². The lowest BCUT2D eigenvalue weighted by atomic mass is 10.1. The summed E-state index contributed by atoms with van der Waals surface area (Å²) >= 11 is 0. The van der Waals surface area contributed by atoms with Crippen molar-refractivity contribution in [2.45, 2.75) is 47.5 Å². The highest BCUT2D eigenvalue weighted by atomic mass is 14.2. The van der Waals surface area contributed by atoms with Crippen LogP contribution in [0.2, 0.25) is 0 Å². The molecule has 0 aromatic carbocycles. The largest absolute Gasteiger partial charge is 0.0991 e. The Kier molecular flexibility index (Phi) is 10.5. The van der Waals surface area contributed by atoms with Gasteiger partial charge in [0.1, 0.15) is 0 Å². The molecule has 1 rings (SSSR count). The van der Waals surface area contributed by atoms with Crippen LogP contribution >= 0.6 is 0 Å². The molecule has 1 saturated carbocycles. The van der Waals surface area contributed by atoms with Crippen molar-refractivity contribution < 1.29 is 0 Å². The van der Waals surface area contributed by atoms with Gasteiger partial charge in [0.15, 0.2) is 0 Å². The Labute approximate surface area is 84.1 Å². The molecule has 0 atom stereocenters. The lowest BCUT2D eigenvalue weighted by Crippen LogP contribution is -1.75. The minimum absolute atomic E-state index is 0. The second-order valence-electron chi connectivity index (χ2n) is 2.60. The number of allylic oxidation sites excluding steroid dienone is 5. The lowest BCUT2D eigenvalue weighted by molar-refractivity contribution is 0.932. The predicted molar refractivity (Wildman–Crippen MR) is 64.0 cm³/mol. The minimum Gasteiger partial charge on any atom is -0.0991 e. The fourth-order valence-corrected chi connectivity index (χ4v) is 1.45. The summed E-state index contributed by atoms with van der Waals surface area (Å²) in [4.78, 5) is 0. The Morgan fingerprint density at radius 2 is 1.69 bits per heavy atom. The van der Waals surface area contributed by atoms with Gasteiger partial charge in [-0.05, 0) is 37.3 Å². The molecule has 0 heterocycles. The molecule has 0 aromatic rings. The zero-order valence-electron chi connectivity index (χ0n) is 8.56. The van der Waals surface area contributed by atoms with Crippen molar-refractivity contribution >= 4 is 0 Å². The van der Waals surface area contributed by atoms with E-state index in [2.05, 4.69) is 25.7 Å². The fourth-order valence-electron chi connectivity index (χ4n) is 1.45. The summed E-state index contributed by atoms with van der Waals surface area (Å²) in [6.07, 6.45) is 10.0. The van der Waals surface area contributed by atoms with E-state index in [0.29, 0.717) is 0 Å². The second kappa shape index (κ2) is 9.31. The molecule has 0 unspecified atom stereocenters. The average molecular weight is 180 g/mol. The van der Waals surface area contributed by atoms with E-state index in [1.807, 2.05) is 19.9 Å². The monoisotopic (exact) mass is 180 g/mol. The summed E-state index contributed by atoms with van der Waals surface area (Å²) in [5.41, 5.74) is 3.00. The van der Waals surface area contributed by atoms with Crippen LogP contribution < -0.4 is 0 Å². The third kappa shape index (κ3) is 4.72. The first-order chi connectivity index (χ1) is 5.88. The average Bonchev–Trinajstić information content (AvgIpc) is 2.56. The molecule has 1 aliphatic rings. The van der Waals surface area contributed by atoms with Crippen molar-refractivity contribution in [1.29, 1.82) is 0 Å². The van der Waals surface area contributed by atoms with Gasteiger partial charge in [0, 0.05) is 0 Å². The fraction of sp³-hybridized carbons (Fsp3) is 0.538. The Bertz CT molecular complexity index is 182. The van der Waals surface area contributed by atoms with Crippen LogP contribution in [0.3, 0.4) is 0 Å². The van der Waals surface area contributed by atoms with E-state index < -0.39 is 0 Å². The summed E-state index contributed by atoms with van der Waals surface area (Å²) in [5.74, 6) is 0. The Morgan fingerprint density at radius 3 is 2.15 bits per heavy atom. The maximum absolute atomic E-state index is 3.69. The molecule has 1 fully saturated rings. The van der Waals surface area contributed by atoms with E-state index in [-0.39, 0.29) is 7.43 Å². The van der Waals surface area contributed by atoms with E-state index in [0.717, 1.165) is 0 Å². The van der Waals surface area contributed by atoms with Gasteiger partial charge in [0.25, 0.3) is 0 Å².